The molecule has 98 valence electrons. The molecular formula is C14H18O3S. The van der Waals surface area contributed by atoms with E-state index in [4.69, 9.17) is 4.74 Å². The van der Waals surface area contributed by atoms with E-state index < -0.39 is 16.0 Å². The Morgan fingerprint density at radius 2 is 2.00 bits per heavy atom. The largest absolute Gasteiger partial charge is 0.468 e. The van der Waals surface area contributed by atoms with Crippen LogP contribution in [-0.2, 0) is 20.3 Å². The number of hydrogen-bond acceptors (Lipinski definition) is 3. The summed E-state index contributed by atoms with van der Waals surface area (Å²) in [5, 5.41) is -0.503. The van der Waals surface area contributed by atoms with Gasteiger partial charge in [-0.15, -0.1) is 0 Å². The Bertz CT molecular complexity index is 492. The van der Waals surface area contributed by atoms with Crippen LogP contribution in [0.1, 0.15) is 24.0 Å². The van der Waals surface area contributed by atoms with Crippen molar-refractivity contribution in [2.75, 3.05) is 7.11 Å². The van der Waals surface area contributed by atoms with Gasteiger partial charge in [0.05, 0.1) is 17.9 Å². The highest BCUT2D eigenvalue weighted by Crippen LogP contribution is 2.37. The van der Waals surface area contributed by atoms with Crippen LogP contribution in [0.15, 0.2) is 23.1 Å². The number of aryl methyl sites for hydroxylation is 2. The van der Waals surface area contributed by atoms with Crippen molar-refractivity contribution in [1.82, 2.24) is 0 Å². The minimum Gasteiger partial charge on any atom is -0.468 e. The first-order valence-electron chi connectivity index (χ1n) is 6.10. The lowest BCUT2D eigenvalue weighted by Crippen LogP contribution is -2.29. The third kappa shape index (κ3) is 2.64. The molecule has 2 unspecified atom stereocenters. The van der Waals surface area contributed by atoms with Gasteiger partial charge in [0.15, 0.2) is 0 Å². The van der Waals surface area contributed by atoms with Gasteiger partial charge in [0.1, 0.15) is 5.25 Å². The molecule has 1 aromatic carbocycles. The molecule has 1 fully saturated rings. The highest BCUT2D eigenvalue weighted by Gasteiger charge is 2.41. The van der Waals surface area contributed by atoms with E-state index in [1.807, 2.05) is 32.0 Å². The molecule has 0 radical (unpaired) electrons. The lowest BCUT2D eigenvalue weighted by atomic mass is 10.1. The van der Waals surface area contributed by atoms with Gasteiger partial charge >= 0.3 is 5.97 Å². The SMILES string of the molecule is COC(=O)C(C1CC1)S(=O)c1ccc(C)c(C)c1. The van der Waals surface area contributed by atoms with Crippen molar-refractivity contribution in [1.29, 1.82) is 0 Å². The first-order valence-corrected chi connectivity index (χ1v) is 7.31. The van der Waals surface area contributed by atoms with E-state index in [2.05, 4.69) is 0 Å². The topological polar surface area (TPSA) is 43.4 Å². The first kappa shape index (κ1) is 13.3. The molecule has 18 heavy (non-hydrogen) atoms. The average Bonchev–Trinajstić information content (AvgIpc) is 3.17. The Labute approximate surface area is 110 Å². The van der Waals surface area contributed by atoms with Crippen LogP contribution < -0.4 is 0 Å². The van der Waals surface area contributed by atoms with Gasteiger partial charge in [0, 0.05) is 4.90 Å². The molecule has 0 aliphatic heterocycles. The summed E-state index contributed by atoms with van der Waals surface area (Å²) in [5.41, 5.74) is 2.26. The van der Waals surface area contributed by atoms with Crippen molar-refractivity contribution < 1.29 is 13.7 Å². The summed E-state index contributed by atoms with van der Waals surface area (Å²) in [6.07, 6.45) is 1.94. The van der Waals surface area contributed by atoms with Gasteiger partial charge in [-0.25, -0.2) is 0 Å². The molecule has 2 atom stereocenters. The first-order chi connectivity index (χ1) is 8.54. The maximum atomic E-state index is 12.5. The molecule has 0 spiro atoms. The third-order valence-corrected chi connectivity index (χ3v) is 5.18. The fourth-order valence-corrected chi connectivity index (χ4v) is 3.64. The predicted octanol–water partition coefficient (Wildman–Crippen LogP) is 2.36. The minimum atomic E-state index is -1.31. The quantitative estimate of drug-likeness (QED) is 0.786. The zero-order valence-electron chi connectivity index (χ0n) is 10.9. The van der Waals surface area contributed by atoms with Crippen LogP contribution in [0.2, 0.25) is 0 Å². The lowest BCUT2D eigenvalue weighted by molar-refractivity contribution is -0.140. The fraction of sp³-hybridized carbons (Fsp3) is 0.500. The molecular weight excluding hydrogens is 248 g/mol. The molecule has 0 amide bonds. The number of esters is 1. The van der Waals surface area contributed by atoms with Gasteiger partial charge in [0.2, 0.25) is 0 Å². The van der Waals surface area contributed by atoms with Crippen molar-refractivity contribution in [2.45, 2.75) is 36.8 Å². The summed E-state index contributed by atoms with van der Waals surface area (Å²) in [6, 6.07) is 5.70. The van der Waals surface area contributed by atoms with Crippen molar-refractivity contribution in [2.24, 2.45) is 5.92 Å². The predicted molar refractivity (Wildman–Crippen MR) is 70.9 cm³/mol. The molecule has 1 aromatic rings. The number of hydrogen-bond donors (Lipinski definition) is 0. The van der Waals surface area contributed by atoms with Gasteiger partial charge < -0.3 is 4.74 Å². The third-order valence-electron chi connectivity index (χ3n) is 3.42. The van der Waals surface area contributed by atoms with Crippen LogP contribution in [0.3, 0.4) is 0 Å². The van der Waals surface area contributed by atoms with Crippen LogP contribution in [0, 0.1) is 19.8 Å². The summed E-state index contributed by atoms with van der Waals surface area (Å²) < 4.78 is 17.3. The van der Waals surface area contributed by atoms with Gasteiger partial charge in [-0.3, -0.25) is 9.00 Å². The highest BCUT2D eigenvalue weighted by molar-refractivity contribution is 7.86. The zero-order valence-corrected chi connectivity index (χ0v) is 11.8. The maximum absolute atomic E-state index is 12.5. The van der Waals surface area contributed by atoms with Crippen LogP contribution in [0.25, 0.3) is 0 Å². The average molecular weight is 266 g/mol. The van der Waals surface area contributed by atoms with Gasteiger partial charge in [-0.1, -0.05) is 6.07 Å². The Morgan fingerprint density at radius 3 is 2.50 bits per heavy atom. The summed E-state index contributed by atoms with van der Waals surface area (Å²) in [6.45, 7) is 4.00. The second-order valence-electron chi connectivity index (χ2n) is 4.82. The van der Waals surface area contributed by atoms with Crippen LogP contribution >= 0.6 is 0 Å². The second-order valence-corrected chi connectivity index (χ2v) is 6.40. The molecule has 3 nitrogen and oxygen atoms in total. The molecule has 4 heteroatoms. The van der Waals surface area contributed by atoms with E-state index in [9.17, 15) is 9.00 Å². The zero-order chi connectivity index (χ0) is 13.3. The van der Waals surface area contributed by atoms with Crippen LogP contribution in [0.4, 0.5) is 0 Å². The smallest absolute Gasteiger partial charge is 0.322 e. The number of methoxy groups -OCH3 is 1. The summed E-state index contributed by atoms with van der Waals surface area (Å²) >= 11 is 0. The second kappa shape index (κ2) is 5.22. The van der Waals surface area contributed by atoms with Crippen molar-refractivity contribution in [3.05, 3.63) is 29.3 Å². The molecule has 2 rings (SSSR count). The number of carbonyl (C=O) groups excluding carboxylic acids is 1. The van der Waals surface area contributed by atoms with Gasteiger partial charge in [0.25, 0.3) is 0 Å². The van der Waals surface area contributed by atoms with E-state index in [-0.39, 0.29) is 11.9 Å². The molecule has 0 N–H and O–H groups in total. The molecule has 0 saturated heterocycles. The van der Waals surface area contributed by atoms with Crippen LogP contribution in [-0.4, -0.2) is 22.5 Å². The normalized spacial score (nSPS) is 18.2. The van der Waals surface area contributed by atoms with E-state index in [0.29, 0.717) is 0 Å². The molecule has 0 bridgehead atoms. The van der Waals surface area contributed by atoms with Crippen molar-refractivity contribution >= 4 is 16.8 Å². The Kier molecular flexibility index (Phi) is 3.85. The van der Waals surface area contributed by atoms with E-state index in [1.54, 1.807) is 0 Å². The van der Waals surface area contributed by atoms with E-state index >= 15 is 0 Å². The van der Waals surface area contributed by atoms with E-state index in [0.717, 1.165) is 28.9 Å². The molecule has 1 aliphatic carbocycles. The van der Waals surface area contributed by atoms with Crippen molar-refractivity contribution in [3.63, 3.8) is 0 Å². The number of rotatable bonds is 4. The number of carbonyl (C=O) groups is 1. The Hall–Kier alpha value is -1.16. The maximum Gasteiger partial charge on any atom is 0.322 e. The van der Waals surface area contributed by atoms with Gasteiger partial charge in [-0.05, 0) is 55.9 Å². The Morgan fingerprint density at radius 1 is 1.33 bits per heavy atom. The fourth-order valence-electron chi connectivity index (χ4n) is 1.96. The number of benzene rings is 1. The molecule has 1 saturated carbocycles. The molecule has 0 aromatic heterocycles. The Balaban J connectivity index is 2.27. The summed E-state index contributed by atoms with van der Waals surface area (Å²) in [7, 11) is 0.0446. The summed E-state index contributed by atoms with van der Waals surface area (Å²) in [5.74, 6) is -0.131. The summed E-state index contributed by atoms with van der Waals surface area (Å²) in [4.78, 5) is 12.5. The van der Waals surface area contributed by atoms with Crippen LogP contribution in [0.5, 0.6) is 0 Å². The highest BCUT2D eigenvalue weighted by atomic mass is 32.2. The monoisotopic (exact) mass is 266 g/mol. The molecule has 0 heterocycles. The van der Waals surface area contributed by atoms with Gasteiger partial charge in [-0.2, -0.15) is 0 Å². The number of ether oxygens (including phenoxy) is 1. The lowest BCUT2D eigenvalue weighted by Gasteiger charge is -2.14. The minimum absolute atomic E-state index is 0.222. The van der Waals surface area contributed by atoms with Crippen molar-refractivity contribution in [3.8, 4) is 0 Å². The molecule has 1 aliphatic rings. The van der Waals surface area contributed by atoms with E-state index in [1.165, 1.54) is 7.11 Å². The standard InChI is InChI=1S/C14H18O3S/c1-9-4-7-12(8-10(9)2)18(16)13(11-5-6-11)14(15)17-3/h4,7-8,11,13H,5-6H2,1-3H3.